The van der Waals surface area contributed by atoms with Crippen molar-refractivity contribution < 1.29 is 19.0 Å². The van der Waals surface area contributed by atoms with Crippen LogP contribution in [0.1, 0.15) is 19.8 Å². The molecule has 2 aromatic carbocycles. The van der Waals surface area contributed by atoms with Gasteiger partial charge in [-0.1, -0.05) is 42.5 Å². The van der Waals surface area contributed by atoms with Gasteiger partial charge in [0, 0.05) is 19.0 Å². The van der Waals surface area contributed by atoms with Crippen LogP contribution in [0.2, 0.25) is 0 Å². The van der Waals surface area contributed by atoms with Crippen molar-refractivity contribution in [3.63, 3.8) is 0 Å². The van der Waals surface area contributed by atoms with Crippen LogP contribution in [-0.2, 0) is 14.3 Å². The third kappa shape index (κ3) is 4.37. The quantitative estimate of drug-likeness (QED) is 0.792. The van der Waals surface area contributed by atoms with Gasteiger partial charge in [0.2, 0.25) is 0 Å². The highest BCUT2D eigenvalue weighted by molar-refractivity contribution is 5.81. The summed E-state index contributed by atoms with van der Waals surface area (Å²) in [6.07, 6.45) is 1.23. The van der Waals surface area contributed by atoms with Gasteiger partial charge < -0.3 is 19.1 Å². The number of piperidine rings is 1. The van der Waals surface area contributed by atoms with Crippen molar-refractivity contribution in [2.45, 2.75) is 32.2 Å². The molecule has 0 aliphatic carbocycles. The minimum absolute atomic E-state index is 0.0406. The van der Waals surface area contributed by atoms with Crippen molar-refractivity contribution in [2.75, 3.05) is 26.3 Å². The zero-order chi connectivity index (χ0) is 19.3. The summed E-state index contributed by atoms with van der Waals surface area (Å²) >= 11 is 0. The summed E-state index contributed by atoms with van der Waals surface area (Å²) in [6, 6.07) is 18.1. The van der Waals surface area contributed by atoms with E-state index in [4.69, 9.17) is 14.2 Å². The predicted molar refractivity (Wildman–Crippen MR) is 107 cm³/mol. The van der Waals surface area contributed by atoms with Crippen molar-refractivity contribution >= 4 is 5.91 Å². The summed E-state index contributed by atoms with van der Waals surface area (Å²) in [5, 5.41) is 0. The van der Waals surface area contributed by atoms with E-state index in [0.29, 0.717) is 24.9 Å². The molecule has 5 heteroatoms. The first kappa shape index (κ1) is 19.0. The second-order valence-corrected chi connectivity index (χ2v) is 7.42. The van der Waals surface area contributed by atoms with Gasteiger partial charge in [-0.15, -0.1) is 0 Å². The zero-order valence-corrected chi connectivity index (χ0v) is 16.3. The van der Waals surface area contributed by atoms with Gasteiger partial charge in [0.15, 0.2) is 12.4 Å². The summed E-state index contributed by atoms with van der Waals surface area (Å²) in [5.74, 6) is 1.13. The molecule has 4 rings (SSSR count). The van der Waals surface area contributed by atoms with Crippen LogP contribution < -0.4 is 4.74 Å². The molecule has 2 heterocycles. The SMILES string of the molecule is CC(Oc1ccc(-c2ccccc2)cc1)C(=O)N1CCC(C2OCCO2)CC1. The Hall–Kier alpha value is -2.37. The van der Waals surface area contributed by atoms with Crippen molar-refractivity contribution in [2.24, 2.45) is 5.92 Å². The fourth-order valence-corrected chi connectivity index (χ4v) is 3.91. The Kier molecular flexibility index (Phi) is 5.93. The number of benzene rings is 2. The lowest BCUT2D eigenvalue weighted by atomic mass is 9.96. The van der Waals surface area contributed by atoms with Crippen LogP contribution in [0.4, 0.5) is 0 Å². The molecule has 0 saturated carbocycles. The Morgan fingerprint density at radius 1 is 0.964 bits per heavy atom. The van der Waals surface area contributed by atoms with Gasteiger partial charge in [-0.25, -0.2) is 0 Å². The van der Waals surface area contributed by atoms with Crippen LogP contribution in [0.25, 0.3) is 11.1 Å². The summed E-state index contributed by atoms with van der Waals surface area (Å²) in [6.45, 7) is 4.64. The maximum Gasteiger partial charge on any atom is 0.263 e. The third-order valence-corrected chi connectivity index (χ3v) is 5.51. The van der Waals surface area contributed by atoms with E-state index < -0.39 is 6.10 Å². The first-order valence-corrected chi connectivity index (χ1v) is 10.0. The molecule has 0 aromatic heterocycles. The smallest absolute Gasteiger partial charge is 0.263 e. The number of hydrogen-bond donors (Lipinski definition) is 0. The van der Waals surface area contributed by atoms with Crippen molar-refractivity contribution in [3.05, 3.63) is 54.6 Å². The monoisotopic (exact) mass is 381 g/mol. The largest absolute Gasteiger partial charge is 0.481 e. The molecule has 2 aliphatic heterocycles. The summed E-state index contributed by atoms with van der Waals surface area (Å²) < 4.78 is 17.1. The number of carbonyl (C=O) groups excluding carboxylic acids is 1. The molecule has 1 atom stereocenters. The van der Waals surface area contributed by atoms with E-state index in [0.717, 1.165) is 37.1 Å². The first-order valence-electron chi connectivity index (χ1n) is 10.0. The van der Waals surface area contributed by atoms with Crippen molar-refractivity contribution in [3.8, 4) is 16.9 Å². The molecule has 1 amide bonds. The van der Waals surface area contributed by atoms with Crippen LogP contribution in [0.5, 0.6) is 5.75 Å². The van der Waals surface area contributed by atoms with Gasteiger partial charge in [-0.05, 0) is 43.0 Å². The molecule has 2 saturated heterocycles. The van der Waals surface area contributed by atoms with Gasteiger partial charge in [-0.2, -0.15) is 0 Å². The molecule has 28 heavy (non-hydrogen) atoms. The average Bonchev–Trinajstić information content (AvgIpc) is 3.29. The average molecular weight is 381 g/mol. The molecule has 2 aliphatic rings. The van der Waals surface area contributed by atoms with E-state index in [1.165, 1.54) is 0 Å². The maximum atomic E-state index is 12.8. The molecule has 0 radical (unpaired) electrons. The highest BCUT2D eigenvalue weighted by Crippen LogP contribution is 2.27. The van der Waals surface area contributed by atoms with Crippen LogP contribution in [0, 0.1) is 5.92 Å². The summed E-state index contributed by atoms with van der Waals surface area (Å²) in [5.41, 5.74) is 2.29. The van der Waals surface area contributed by atoms with Gasteiger partial charge >= 0.3 is 0 Å². The van der Waals surface area contributed by atoms with Crippen molar-refractivity contribution in [1.29, 1.82) is 0 Å². The zero-order valence-electron chi connectivity index (χ0n) is 16.3. The van der Waals surface area contributed by atoms with Gasteiger partial charge in [0.1, 0.15) is 5.75 Å². The lowest BCUT2D eigenvalue weighted by molar-refractivity contribution is -0.143. The molecule has 0 N–H and O–H groups in total. The minimum Gasteiger partial charge on any atom is -0.481 e. The Morgan fingerprint density at radius 2 is 1.57 bits per heavy atom. The minimum atomic E-state index is -0.502. The number of carbonyl (C=O) groups is 1. The lowest BCUT2D eigenvalue weighted by Gasteiger charge is -2.35. The first-order chi connectivity index (χ1) is 13.7. The number of rotatable bonds is 5. The van der Waals surface area contributed by atoms with Gasteiger partial charge in [-0.3, -0.25) is 4.79 Å². The maximum absolute atomic E-state index is 12.8. The highest BCUT2D eigenvalue weighted by Gasteiger charge is 2.33. The molecule has 5 nitrogen and oxygen atoms in total. The highest BCUT2D eigenvalue weighted by atomic mass is 16.7. The number of amides is 1. The fourth-order valence-electron chi connectivity index (χ4n) is 3.91. The second-order valence-electron chi connectivity index (χ2n) is 7.42. The molecular weight excluding hydrogens is 354 g/mol. The van der Waals surface area contributed by atoms with Crippen LogP contribution in [-0.4, -0.2) is 49.5 Å². The Bertz CT molecular complexity index is 763. The molecule has 148 valence electrons. The molecule has 2 fully saturated rings. The molecule has 0 spiro atoms. The van der Waals surface area contributed by atoms with E-state index in [1.54, 1.807) is 0 Å². The van der Waals surface area contributed by atoms with Gasteiger partial charge in [0.05, 0.1) is 13.2 Å². The van der Waals surface area contributed by atoms with E-state index >= 15 is 0 Å². The van der Waals surface area contributed by atoms with E-state index in [-0.39, 0.29) is 12.2 Å². The molecule has 1 unspecified atom stereocenters. The normalized spacial score (nSPS) is 19.5. The Labute approximate surface area is 166 Å². The standard InChI is InChI=1S/C23H27NO4/c1-17(22(25)24-13-11-20(12-14-24)23-26-15-16-27-23)28-21-9-7-19(8-10-21)18-5-3-2-4-6-18/h2-10,17,20,23H,11-16H2,1H3. The summed E-state index contributed by atoms with van der Waals surface area (Å²) in [7, 11) is 0. The fraction of sp³-hybridized carbons (Fsp3) is 0.435. The van der Waals surface area contributed by atoms with Crippen LogP contribution in [0.3, 0.4) is 0 Å². The topological polar surface area (TPSA) is 48.0 Å². The summed E-state index contributed by atoms with van der Waals surface area (Å²) in [4.78, 5) is 14.7. The van der Waals surface area contributed by atoms with E-state index in [1.807, 2.05) is 54.3 Å². The number of ether oxygens (including phenoxy) is 3. The lowest BCUT2D eigenvalue weighted by Crippen LogP contribution is -2.46. The third-order valence-electron chi connectivity index (χ3n) is 5.51. The Balaban J connectivity index is 1.30. The van der Waals surface area contributed by atoms with Crippen LogP contribution in [0.15, 0.2) is 54.6 Å². The predicted octanol–water partition coefficient (Wildman–Crippen LogP) is 3.73. The Morgan fingerprint density at radius 3 is 2.21 bits per heavy atom. The number of hydrogen-bond acceptors (Lipinski definition) is 4. The molecule has 2 aromatic rings. The number of nitrogens with zero attached hydrogens (tertiary/aromatic N) is 1. The number of likely N-dealkylation sites (tertiary alicyclic amines) is 1. The molecular formula is C23H27NO4. The van der Waals surface area contributed by atoms with Crippen molar-refractivity contribution in [1.82, 2.24) is 4.90 Å². The molecule has 0 bridgehead atoms. The second kappa shape index (κ2) is 8.76. The van der Waals surface area contributed by atoms with E-state index in [2.05, 4.69) is 12.1 Å². The van der Waals surface area contributed by atoms with Crippen LogP contribution >= 0.6 is 0 Å². The van der Waals surface area contributed by atoms with E-state index in [9.17, 15) is 4.79 Å². The van der Waals surface area contributed by atoms with Gasteiger partial charge in [0.25, 0.3) is 5.91 Å².